The molecule has 0 aliphatic rings. The predicted octanol–water partition coefficient (Wildman–Crippen LogP) is 6.28. The van der Waals surface area contributed by atoms with E-state index in [0.717, 1.165) is 44.9 Å². The van der Waals surface area contributed by atoms with Crippen LogP contribution in [0.1, 0.15) is 123 Å². The van der Waals surface area contributed by atoms with Gasteiger partial charge in [0.2, 0.25) is 0 Å². The number of hydrogen-bond acceptors (Lipinski definition) is 3. The Morgan fingerprint density at radius 2 is 0.962 bits per heavy atom. The fourth-order valence-electron chi connectivity index (χ4n) is 3.52. The molecule has 0 aromatic rings. The molecule has 0 spiro atoms. The summed E-state index contributed by atoms with van der Waals surface area (Å²) in [5.74, 6) is 0. The molecule has 2 N–H and O–H groups in total. The van der Waals surface area contributed by atoms with Crippen molar-refractivity contribution in [3.63, 3.8) is 0 Å². The summed E-state index contributed by atoms with van der Waals surface area (Å²) in [5.41, 5.74) is 0. The molecule has 2 atom stereocenters. The molecule has 0 radical (unpaired) electrons. The van der Waals surface area contributed by atoms with Crippen LogP contribution in [0.2, 0.25) is 0 Å². The summed E-state index contributed by atoms with van der Waals surface area (Å²) >= 11 is 0. The normalized spacial score (nSPS) is 14.5. The standard InChI is InChI=1S/C21H44O4S/c1-3-5-7-9-10-11-12-13-14-15-17-19-21(26(23,24)25)20(22)18-16-8-6-4-2/h20-22H,3-19H2,1-2H3,(H,23,24,25). The van der Waals surface area contributed by atoms with Crippen LogP contribution in [0.5, 0.6) is 0 Å². The molecule has 5 heteroatoms. The van der Waals surface area contributed by atoms with Crippen molar-refractivity contribution in [1.82, 2.24) is 0 Å². The van der Waals surface area contributed by atoms with Gasteiger partial charge in [-0.1, -0.05) is 110 Å². The van der Waals surface area contributed by atoms with Gasteiger partial charge in [0.15, 0.2) is 0 Å². The highest BCUT2D eigenvalue weighted by Gasteiger charge is 2.29. The number of aliphatic hydroxyl groups is 1. The molecule has 4 nitrogen and oxygen atoms in total. The second-order valence-electron chi connectivity index (χ2n) is 7.79. The number of hydrogen-bond donors (Lipinski definition) is 2. The molecule has 158 valence electrons. The molecule has 0 aliphatic carbocycles. The summed E-state index contributed by atoms with van der Waals surface area (Å²) in [4.78, 5) is 0. The van der Waals surface area contributed by atoms with E-state index < -0.39 is 21.5 Å². The maximum absolute atomic E-state index is 11.6. The molecule has 26 heavy (non-hydrogen) atoms. The lowest BCUT2D eigenvalue weighted by Gasteiger charge is -2.20. The third kappa shape index (κ3) is 15.0. The van der Waals surface area contributed by atoms with E-state index in [9.17, 15) is 18.1 Å². The van der Waals surface area contributed by atoms with Crippen LogP contribution in [0.3, 0.4) is 0 Å². The Morgan fingerprint density at radius 1 is 0.615 bits per heavy atom. The van der Waals surface area contributed by atoms with Gasteiger partial charge < -0.3 is 5.11 Å². The van der Waals surface area contributed by atoms with Gasteiger partial charge in [-0.2, -0.15) is 8.42 Å². The van der Waals surface area contributed by atoms with Gasteiger partial charge in [0.1, 0.15) is 5.25 Å². The summed E-state index contributed by atoms with van der Waals surface area (Å²) in [6, 6.07) is 0. The summed E-state index contributed by atoms with van der Waals surface area (Å²) < 4.78 is 32.6. The first kappa shape index (κ1) is 25.9. The average Bonchev–Trinajstić information content (AvgIpc) is 2.58. The van der Waals surface area contributed by atoms with Gasteiger partial charge in [-0.3, -0.25) is 4.55 Å². The SMILES string of the molecule is CCCCCCCCCCCCCC(C(O)CCCCCC)S(=O)(=O)O. The summed E-state index contributed by atoms with van der Waals surface area (Å²) in [6.07, 6.45) is 17.2. The zero-order chi connectivity index (χ0) is 19.7. The van der Waals surface area contributed by atoms with E-state index in [1.165, 1.54) is 51.4 Å². The Balaban J connectivity index is 3.81. The van der Waals surface area contributed by atoms with E-state index in [0.29, 0.717) is 12.8 Å². The van der Waals surface area contributed by atoms with Crippen LogP contribution >= 0.6 is 0 Å². The van der Waals surface area contributed by atoms with Crippen molar-refractivity contribution in [2.45, 2.75) is 134 Å². The van der Waals surface area contributed by atoms with Crippen LogP contribution in [0.25, 0.3) is 0 Å². The van der Waals surface area contributed by atoms with E-state index in [1.54, 1.807) is 0 Å². The van der Waals surface area contributed by atoms with Gasteiger partial charge in [0, 0.05) is 0 Å². The Labute approximate surface area is 162 Å². The first-order chi connectivity index (χ1) is 12.4. The number of aliphatic hydroxyl groups excluding tert-OH is 1. The Kier molecular flexibility index (Phi) is 16.9. The first-order valence-electron chi connectivity index (χ1n) is 11.1. The summed E-state index contributed by atoms with van der Waals surface area (Å²) in [7, 11) is -4.17. The number of rotatable bonds is 19. The van der Waals surface area contributed by atoms with E-state index in [4.69, 9.17) is 0 Å². The monoisotopic (exact) mass is 392 g/mol. The maximum atomic E-state index is 11.6. The van der Waals surface area contributed by atoms with Crippen molar-refractivity contribution in [3.05, 3.63) is 0 Å². The maximum Gasteiger partial charge on any atom is 0.270 e. The fraction of sp³-hybridized carbons (Fsp3) is 1.00. The van der Waals surface area contributed by atoms with Gasteiger partial charge in [-0.25, -0.2) is 0 Å². The number of unbranched alkanes of at least 4 members (excludes halogenated alkanes) is 13. The molecular weight excluding hydrogens is 348 g/mol. The van der Waals surface area contributed by atoms with Crippen molar-refractivity contribution < 1.29 is 18.1 Å². The molecule has 0 bridgehead atoms. The molecule has 0 aromatic carbocycles. The molecule has 0 fully saturated rings. The Hall–Kier alpha value is -0.130. The molecule has 0 amide bonds. The van der Waals surface area contributed by atoms with Gasteiger partial charge in [0.25, 0.3) is 10.1 Å². The average molecular weight is 393 g/mol. The first-order valence-corrected chi connectivity index (χ1v) is 12.6. The van der Waals surface area contributed by atoms with Crippen molar-refractivity contribution in [2.75, 3.05) is 0 Å². The highest BCUT2D eigenvalue weighted by Crippen LogP contribution is 2.20. The lowest BCUT2D eigenvalue weighted by atomic mass is 10.0. The van der Waals surface area contributed by atoms with E-state index >= 15 is 0 Å². The third-order valence-corrected chi connectivity index (χ3v) is 6.57. The predicted molar refractivity (Wildman–Crippen MR) is 111 cm³/mol. The zero-order valence-corrected chi connectivity index (χ0v) is 18.1. The van der Waals surface area contributed by atoms with Gasteiger partial charge >= 0.3 is 0 Å². The van der Waals surface area contributed by atoms with Crippen LogP contribution in [0.4, 0.5) is 0 Å². The Morgan fingerprint density at radius 3 is 1.38 bits per heavy atom. The minimum absolute atomic E-state index is 0.366. The van der Waals surface area contributed by atoms with Crippen molar-refractivity contribution >= 4 is 10.1 Å². The molecule has 0 saturated heterocycles. The molecule has 0 rings (SSSR count). The molecular formula is C21H44O4S. The molecule has 2 unspecified atom stereocenters. The third-order valence-electron chi connectivity index (χ3n) is 5.26. The van der Waals surface area contributed by atoms with Crippen LogP contribution in [0.15, 0.2) is 0 Å². The fourth-order valence-corrected chi connectivity index (χ4v) is 4.51. The minimum Gasteiger partial charge on any atom is -0.392 e. The van der Waals surface area contributed by atoms with E-state index in [1.807, 2.05) is 0 Å². The van der Waals surface area contributed by atoms with Crippen LogP contribution in [0, 0.1) is 0 Å². The topological polar surface area (TPSA) is 74.6 Å². The molecule has 0 saturated carbocycles. The minimum atomic E-state index is -4.17. The second-order valence-corrected chi connectivity index (χ2v) is 9.43. The van der Waals surface area contributed by atoms with E-state index in [2.05, 4.69) is 13.8 Å². The quantitative estimate of drug-likeness (QED) is 0.200. The molecule has 0 aromatic heterocycles. The van der Waals surface area contributed by atoms with Gasteiger partial charge in [-0.05, 0) is 12.8 Å². The smallest absolute Gasteiger partial charge is 0.270 e. The van der Waals surface area contributed by atoms with Crippen molar-refractivity contribution in [3.8, 4) is 0 Å². The second kappa shape index (κ2) is 17.0. The van der Waals surface area contributed by atoms with Gasteiger partial charge in [-0.15, -0.1) is 0 Å². The summed E-state index contributed by atoms with van der Waals surface area (Å²) in [5, 5.41) is 9.15. The van der Waals surface area contributed by atoms with Crippen LogP contribution in [-0.2, 0) is 10.1 Å². The van der Waals surface area contributed by atoms with Crippen molar-refractivity contribution in [1.29, 1.82) is 0 Å². The van der Waals surface area contributed by atoms with Crippen LogP contribution < -0.4 is 0 Å². The van der Waals surface area contributed by atoms with E-state index in [-0.39, 0.29) is 0 Å². The summed E-state index contributed by atoms with van der Waals surface area (Å²) in [6.45, 7) is 4.35. The van der Waals surface area contributed by atoms with Crippen molar-refractivity contribution in [2.24, 2.45) is 0 Å². The lowest BCUT2D eigenvalue weighted by Crippen LogP contribution is -2.33. The molecule has 0 heterocycles. The Bertz CT molecular complexity index is 395. The lowest BCUT2D eigenvalue weighted by molar-refractivity contribution is 0.146. The highest BCUT2D eigenvalue weighted by atomic mass is 32.2. The largest absolute Gasteiger partial charge is 0.392 e. The molecule has 0 aliphatic heterocycles. The van der Waals surface area contributed by atoms with Gasteiger partial charge in [0.05, 0.1) is 6.10 Å². The zero-order valence-electron chi connectivity index (χ0n) is 17.3. The highest BCUT2D eigenvalue weighted by molar-refractivity contribution is 7.86. The van der Waals surface area contributed by atoms with Crippen LogP contribution in [-0.4, -0.2) is 29.4 Å².